The second-order valence-electron chi connectivity index (χ2n) is 2.49. The Morgan fingerprint density at radius 1 is 1.73 bits per heavy atom. The Balaban J connectivity index is 2.81. The first-order valence-corrected chi connectivity index (χ1v) is 4.49. The highest BCUT2D eigenvalue weighted by Crippen LogP contribution is 2.22. The molecule has 1 rings (SSSR count). The summed E-state index contributed by atoms with van der Waals surface area (Å²) < 4.78 is 0. The molecule has 0 radical (unpaired) electrons. The van der Waals surface area contributed by atoms with E-state index >= 15 is 0 Å². The Morgan fingerprint density at radius 2 is 2.45 bits per heavy atom. The van der Waals surface area contributed by atoms with Crippen molar-refractivity contribution < 1.29 is 5.11 Å². The zero-order chi connectivity index (χ0) is 8.27. The second kappa shape index (κ2) is 3.85. The average Bonchev–Trinajstić information content (AvgIpc) is 2.40. The van der Waals surface area contributed by atoms with Crippen LogP contribution in [0.25, 0.3) is 0 Å². The van der Waals surface area contributed by atoms with E-state index in [-0.39, 0.29) is 12.6 Å². The molecule has 0 aromatic carbocycles. The molecule has 1 atom stereocenters. The number of hydrogen-bond donors (Lipinski definition) is 2. The lowest BCUT2D eigenvalue weighted by Crippen LogP contribution is -2.19. The molecule has 2 nitrogen and oxygen atoms in total. The maximum Gasteiger partial charge on any atom is 0.0650 e. The Labute approximate surface area is 70.9 Å². The summed E-state index contributed by atoms with van der Waals surface area (Å²) in [6.07, 6.45) is 0. The third-order valence-electron chi connectivity index (χ3n) is 1.75. The highest BCUT2D eigenvalue weighted by molar-refractivity contribution is 7.10. The van der Waals surface area contributed by atoms with Crippen molar-refractivity contribution in [2.24, 2.45) is 0 Å². The van der Waals surface area contributed by atoms with Crippen molar-refractivity contribution in [3.63, 3.8) is 0 Å². The lowest BCUT2D eigenvalue weighted by Gasteiger charge is -2.11. The van der Waals surface area contributed by atoms with Gasteiger partial charge in [-0.3, -0.25) is 0 Å². The molecule has 0 aliphatic carbocycles. The summed E-state index contributed by atoms with van der Waals surface area (Å²) >= 11 is 1.68. The topological polar surface area (TPSA) is 32.3 Å². The molecule has 0 saturated carbocycles. The molecule has 11 heavy (non-hydrogen) atoms. The van der Waals surface area contributed by atoms with E-state index in [1.807, 2.05) is 12.4 Å². The predicted octanol–water partition coefficient (Wildman–Crippen LogP) is 1.31. The van der Waals surface area contributed by atoms with Crippen LogP contribution >= 0.6 is 11.3 Å². The van der Waals surface area contributed by atoms with Crippen LogP contribution in [0.2, 0.25) is 0 Å². The third kappa shape index (κ3) is 1.80. The van der Waals surface area contributed by atoms with Crippen LogP contribution in [0.1, 0.15) is 16.5 Å². The van der Waals surface area contributed by atoms with Crippen molar-refractivity contribution in [3.8, 4) is 0 Å². The fourth-order valence-corrected chi connectivity index (χ4v) is 2.08. The van der Waals surface area contributed by atoms with Crippen LogP contribution < -0.4 is 5.32 Å². The number of aliphatic hydroxyl groups excluding tert-OH is 1. The van der Waals surface area contributed by atoms with Gasteiger partial charge >= 0.3 is 0 Å². The number of nitrogens with one attached hydrogen (secondary N) is 1. The molecule has 0 fully saturated rings. The zero-order valence-corrected chi connectivity index (χ0v) is 7.61. The molecule has 0 unspecified atom stereocenters. The lowest BCUT2D eigenvalue weighted by molar-refractivity contribution is 0.252. The van der Waals surface area contributed by atoms with Gasteiger partial charge in [-0.15, -0.1) is 11.3 Å². The van der Waals surface area contributed by atoms with Crippen molar-refractivity contribution in [3.05, 3.63) is 21.9 Å². The predicted molar refractivity (Wildman–Crippen MR) is 47.9 cm³/mol. The van der Waals surface area contributed by atoms with Gasteiger partial charge in [0.25, 0.3) is 0 Å². The summed E-state index contributed by atoms with van der Waals surface area (Å²) in [5.41, 5.74) is 1.25. The molecule has 3 heteroatoms. The molecule has 0 amide bonds. The Hall–Kier alpha value is -0.380. The molecular formula is C8H13NOS. The average molecular weight is 171 g/mol. The van der Waals surface area contributed by atoms with Gasteiger partial charge in [-0.2, -0.15) is 0 Å². The number of hydrogen-bond acceptors (Lipinski definition) is 3. The SMILES string of the molecule is CN[C@H](CO)c1sccc1C. The van der Waals surface area contributed by atoms with E-state index < -0.39 is 0 Å². The van der Waals surface area contributed by atoms with Gasteiger partial charge in [-0.05, 0) is 31.0 Å². The molecule has 0 spiro atoms. The molecule has 1 heterocycles. The van der Waals surface area contributed by atoms with Crippen molar-refractivity contribution >= 4 is 11.3 Å². The molecule has 2 N–H and O–H groups in total. The zero-order valence-electron chi connectivity index (χ0n) is 6.79. The van der Waals surface area contributed by atoms with Crippen LogP contribution in [0.5, 0.6) is 0 Å². The fraction of sp³-hybridized carbons (Fsp3) is 0.500. The summed E-state index contributed by atoms with van der Waals surface area (Å²) in [5, 5.41) is 14.1. The van der Waals surface area contributed by atoms with Gasteiger partial charge in [0.2, 0.25) is 0 Å². The second-order valence-corrected chi connectivity index (χ2v) is 3.44. The molecule has 0 saturated heterocycles. The first-order chi connectivity index (χ1) is 5.29. The standard InChI is InChI=1S/C8H13NOS/c1-6-3-4-11-8(6)7(5-10)9-2/h3-4,7,9-10H,5H2,1-2H3/t7-/m1/s1. The van der Waals surface area contributed by atoms with Crippen molar-refractivity contribution in [2.45, 2.75) is 13.0 Å². The van der Waals surface area contributed by atoms with E-state index in [1.54, 1.807) is 11.3 Å². The highest BCUT2D eigenvalue weighted by Gasteiger charge is 2.10. The summed E-state index contributed by atoms with van der Waals surface area (Å²) in [4.78, 5) is 1.23. The van der Waals surface area contributed by atoms with Crippen LogP contribution in [-0.4, -0.2) is 18.8 Å². The van der Waals surface area contributed by atoms with Gasteiger partial charge in [-0.1, -0.05) is 0 Å². The van der Waals surface area contributed by atoms with Crippen LogP contribution in [0, 0.1) is 6.92 Å². The van der Waals surface area contributed by atoms with Gasteiger partial charge in [0.05, 0.1) is 12.6 Å². The molecular weight excluding hydrogens is 158 g/mol. The maximum atomic E-state index is 8.97. The first kappa shape index (κ1) is 8.71. The lowest BCUT2D eigenvalue weighted by atomic mass is 10.2. The molecule has 0 aliphatic heterocycles. The third-order valence-corrected chi connectivity index (χ3v) is 2.88. The summed E-state index contributed by atoms with van der Waals surface area (Å²) in [5.74, 6) is 0. The summed E-state index contributed by atoms with van der Waals surface area (Å²) in [6, 6.07) is 2.18. The van der Waals surface area contributed by atoms with Crippen LogP contribution in [0.15, 0.2) is 11.4 Å². The van der Waals surface area contributed by atoms with Crippen molar-refractivity contribution in [1.82, 2.24) is 5.32 Å². The monoisotopic (exact) mass is 171 g/mol. The summed E-state index contributed by atoms with van der Waals surface area (Å²) in [6.45, 7) is 2.23. The Bertz CT molecular complexity index is 218. The normalized spacial score (nSPS) is 13.4. The van der Waals surface area contributed by atoms with Crippen molar-refractivity contribution in [1.29, 1.82) is 0 Å². The van der Waals surface area contributed by atoms with Gasteiger partial charge in [0.1, 0.15) is 0 Å². The van der Waals surface area contributed by atoms with Gasteiger partial charge in [0.15, 0.2) is 0 Å². The molecule has 0 aliphatic rings. The summed E-state index contributed by atoms with van der Waals surface area (Å²) in [7, 11) is 1.86. The smallest absolute Gasteiger partial charge is 0.0650 e. The number of rotatable bonds is 3. The number of likely N-dealkylation sites (N-methyl/N-ethyl adjacent to an activating group) is 1. The molecule has 1 aromatic heterocycles. The minimum absolute atomic E-state index is 0.106. The van der Waals surface area contributed by atoms with E-state index in [2.05, 4.69) is 18.3 Å². The number of aryl methyl sites for hydroxylation is 1. The van der Waals surface area contributed by atoms with Crippen LogP contribution in [0.4, 0.5) is 0 Å². The van der Waals surface area contributed by atoms with Crippen molar-refractivity contribution in [2.75, 3.05) is 13.7 Å². The highest BCUT2D eigenvalue weighted by atomic mass is 32.1. The van der Waals surface area contributed by atoms with E-state index in [9.17, 15) is 0 Å². The van der Waals surface area contributed by atoms with E-state index in [0.29, 0.717) is 0 Å². The quantitative estimate of drug-likeness (QED) is 0.718. The minimum Gasteiger partial charge on any atom is -0.394 e. The molecule has 62 valence electrons. The van der Waals surface area contributed by atoms with Gasteiger partial charge < -0.3 is 10.4 Å². The maximum absolute atomic E-state index is 8.97. The van der Waals surface area contributed by atoms with E-state index in [0.717, 1.165) is 0 Å². The molecule has 0 bridgehead atoms. The molecule has 1 aromatic rings. The fourth-order valence-electron chi connectivity index (χ4n) is 1.05. The van der Waals surface area contributed by atoms with Crippen LogP contribution in [0.3, 0.4) is 0 Å². The first-order valence-electron chi connectivity index (χ1n) is 3.61. The van der Waals surface area contributed by atoms with Gasteiger partial charge in [0, 0.05) is 4.88 Å². The number of aliphatic hydroxyl groups is 1. The Morgan fingerprint density at radius 3 is 2.82 bits per heavy atom. The van der Waals surface area contributed by atoms with E-state index in [1.165, 1.54) is 10.4 Å². The van der Waals surface area contributed by atoms with E-state index in [4.69, 9.17) is 5.11 Å². The van der Waals surface area contributed by atoms with Gasteiger partial charge in [-0.25, -0.2) is 0 Å². The van der Waals surface area contributed by atoms with Crippen LogP contribution in [-0.2, 0) is 0 Å². The minimum atomic E-state index is 0.106. The number of thiophene rings is 1. The largest absolute Gasteiger partial charge is 0.394 e. The Kier molecular flexibility index (Phi) is 3.05.